The van der Waals surface area contributed by atoms with Gasteiger partial charge in [-0.15, -0.1) is 0 Å². The average Bonchev–Trinajstić information content (AvgIpc) is 2.86. The zero-order valence-electron chi connectivity index (χ0n) is 17.2. The first-order valence-corrected chi connectivity index (χ1v) is 10.8. The monoisotopic (exact) mass is 374 g/mol. The maximum Gasteiger partial charge on any atom is 0.305 e. The number of aliphatic hydroxyl groups is 1. The Morgan fingerprint density at radius 1 is 1.33 bits per heavy atom. The van der Waals surface area contributed by atoms with E-state index in [0.717, 1.165) is 25.7 Å². The van der Waals surface area contributed by atoms with Gasteiger partial charge in [0.05, 0.1) is 6.10 Å². The largest absolute Gasteiger partial charge is 0.461 e. The van der Waals surface area contributed by atoms with E-state index in [1.165, 1.54) is 5.57 Å². The summed E-state index contributed by atoms with van der Waals surface area (Å²) in [5, 5.41) is 11.3. The van der Waals surface area contributed by atoms with Crippen LogP contribution in [0.2, 0.25) is 0 Å². The first-order valence-electron chi connectivity index (χ1n) is 10.8. The van der Waals surface area contributed by atoms with Crippen LogP contribution in [0.3, 0.4) is 0 Å². The Morgan fingerprint density at radius 2 is 2.07 bits per heavy atom. The molecule has 4 heteroatoms. The Kier molecular flexibility index (Phi) is 4.57. The van der Waals surface area contributed by atoms with Crippen LogP contribution in [0.25, 0.3) is 0 Å². The van der Waals surface area contributed by atoms with Crippen LogP contribution in [0.1, 0.15) is 72.6 Å². The van der Waals surface area contributed by atoms with Crippen LogP contribution >= 0.6 is 0 Å². The molecule has 8 atom stereocenters. The molecule has 27 heavy (non-hydrogen) atoms. The molecule has 3 saturated carbocycles. The van der Waals surface area contributed by atoms with Gasteiger partial charge in [0.15, 0.2) is 5.78 Å². The fourth-order valence-corrected chi connectivity index (χ4v) is 7.49. The van der Waals surface area contributed by atoms with Crippen LogP contribution in [0.15, 0.2) is 11.6 Å². The molecule has 0 aliphatic heterocycles. The lowest BCUT2D eigenvalue weighted by Crippen LogP contribution is -2.57. The quantitative estimate of drug-likeness (QED) is 0.741. The summed E-state index contributed by atoms with van der Waals surface area (Å²) in [7, 11) is 0. The second-order valence-corrected chi connectivity index (χ2v) is 10.1. The molecule has 4 nitrogen and oxygen atoms in total. The highest BCUT2D eigenvalue weighted by atomic mass is 16.5. The first-order chi connectivity index (χ1) is 12.7. The van der Waals surface area contributed by atoms with Gasteiger partial charge in [-0.25, -0.2) is 0 Å². The average molecular weight is 375 g/mol. The van der Waals surface area contributed by atoms with Gasteiger partial charge in [-0.05, 0) is 67.3 Å². The van der Waals surface area contributed by atoms with Crippen LogP contribution in [-0.4, -0.2) is 29.1 Å². The Hall–Kier alpha value is -1.16. The van der Waals surface area contributed by atoms with E-state index in [0.29, 0.717) is 37.0 Å². The van der Waals surface area contributed by atoms with E-state index in [2.05, 4.69) is 20.8 Å². The molecule has 0 radical (unpaired) electrons. The van der Waals surface area contributed by atoms with Crippen molar-refractivity contribution in [1.29, 1.82) is 0 Å². The van der Waals surface area contributed by atoms with Crippen LogP contribution in [0, 0.1) is 34.5 Å². The van der Waals surface area contributed by atoms with E-state index in [1.807, 2.05) is 13.0 Å². The second kappa shape index (κ2) is 6.43. The van der Waals surface area contributed by atoms with Crippen molar-refractivity contribution in [3.8, 4) is 0 Å². The molecule has 0 amide bonds. The zero-order valence-corrected chi connectivity index (χ0v) is 17.2. The van der Waals surface area contributed by atoms with Gasteiger partial charge in [0.25, 0.3) is 0 Å². The smallest absolute Gasteiger partial charge is 0.305 e. The molecule has 0 bridgehead atoms. The predicted molar refractivity (Wildman–Crippen MR) is 103 cm³/mol. The Labute approximate surface area is 162 Å². The van der Waals surface area contributed by atoms with Gasteiger partial charge in [0.1, 0.15) is 6.10 Å². The summed E-state index contributed by atoms with van der Waals surface area (Å²) in [6.07, 6.45) is 7.03. The van der Waals surface area contributed by atoms with Crippen LogP contribution in [-0.2, 0) is 14.3 Å². The van der Waals surface area contributed by atoms with E-state index in [1.54, 1.807) is 0 Å². The highest BCUT2D eigenvalue weighted by molar-refractivity contribution is 5.91. The maximum absolute atomic E-state index is 12.0. The molecule has 0 unspecified atom stereocenters. The fourth-order valence-electron chi connectivity index (χ4n) is 7.49. The van der Waals surface area contributed by atoms with Crippen LogP contribution < -0.4 is 0 Å². The topological polar surface area (TPSA) is 63.6 Å². The van der Waals surface area contributed by atoms with Gasteiger partial charge < -0.3 is 9.84 Å². The van der Waals surface area contributed by atoms with Gasteiger partial charge >= 0.3 is 5.97 Å². The number of carbonyl (C=O) groups excluding carboxylic acids is 2. The van der Waals surface area contributed by atoms with Crippen molar-refractivity contribution in [2.45, 2.75) is 84.8 Å². The van der Waals surface area contributed by atoms with Gasteiger partial charge in [0, 0.05) is 18.3 Å². The van der Waals surface area contributed by atoms with Crippen molar-refractivity contribution in [3.05, 3.63) is 11.6 Å². The van der Waals surface area contributed by atoms with Crippen molar-refractivity contribution in [2.24, 2.45) is 34.5 Å². The summed E-state index contributed by atoms with van der Waals surface area (Å²) in [5.41, 5.74) is 1.06. The summed E-state index contributed by atoms with van der Waals surface area (Å²) in [5.74, 6) is 1.60. The number of ketones is 1. The lowest BCUT2D eigenvalue weighted by molar-refractivity contribution is -0.172. The van der Waals surface area contributed by atoms with E-state index in [9.17, 15) is 14.7 Å². The van der Waals surface area contributed by atoms with Crippen molar-refractivity contribution < 1.29 is 19.4 Å². The van der Waals surface area contributed by atoms with E-state index >= 15 is 0 Å². The van der Waals surface area contributed by atoms with E-state index < -0.39 is 6.10 Å². The number of fused-ring (bicyclic) bond motifs is 5. The molecule has 0 aromatic heterocycles. The van der Waals surface area contributed by atoms with Crippen LogP contribution in [0.4, 0.5) is 0 Å². The van der Waals surface area contributed by atoms with E-state index in [4.69, 9.17) is 4.74 Å². The lowest BCUT2D eigenvalue weighted by Gasteiger charge is -2.59. The number of ether oxygens (including phenoxy) is 1. The number of rotatable bonds is 2. The van der Waals surface area contributed by atoms with Crippen molar-refractivity contribution in [2.75, 3.05) is 0 Å². The molecule has 0 spiro atoms. The number of hydrogen-bond acceptors (Lipinski definition) is 4. The normalized spacial score (nSPS) is 48.9. The Balaban J connectivity index is 1.68. The Morgan fingerprint density at radius 3 is 2.78 bits per heavy atom. The lowest BCUT2D eigenvalue weighted by atomic mass is 9.46. The molecule has 4 aliphatic rings. The third-order valence-corrected chi connectivity index (χ3v) is 8.67. The zero-order chi connectivity index (χ0) is 19.6. The summed E-state index contributed by atoms with van der Waals surface area (Å²) < 4.78 is 5.91. The highest BCUT2D eigenvalue weighted by Gasteiger charge is 2.64. The maximum atomic E-state index is 12.0. The molecule has 150 valence electrons. The van der Waals surface area contributed by atoms with Crippen molar-refractivity contribution in [1.82, 2.24) is 0 Å². The predicted octanol–water partition coefficient (Wildman–Crippen LogP) is 4.06. The molecule has 4 rings (SSSR count). The van der Waals surface area contributed by atoms with Crippen molar-refractivity contribution in [3.63, 3.8) is 0 Å². The molecule has 0 aromatic rings. The number of carbonyl (C=O) groups is 2. The number of aliphatic hydroxyl groups excluding tert-OH is 1. The van der Waals surface area contributed by atoms with Crippen molar-refractivity contribution >= 4 is 11.8 Å². The minimum absolute atomic E-state index is 0.0566. The molecular weight excluding hydrogens is 340 g/mol. The summed E-state index contributed by atoms with van der Waals surface area (Å²) in [6, 6.07) is 0. The number of hydrogen-bond donors (Lipinski definition) is 1. The standard InChI is InChI=1S/C23H34O4/c1-5-19(26)27-21-13(2)10-17-16-7-6-14-11-15(24)8-9-22(14,3)20(16)18(25)12-23(17,21)4/h11,13,16-18,20-21,25H,5-10,12H2,1-4H3/t13-,16-,17-,18-,20+,21+,22-,23-/m0/s1. The van der Waals surface area contributed by atoms with Gasteiger partial charge in [-0.3, -0.25) is 9.59 Å². The van der Waals surface area contributed by atoms with E-state index in [-0.39, 0.29) is 34.6 Å². The molecule has 0 aromatic carbocycles. The first kappa shape index (κ1) is 19.2. The SMILES string of the molecule is CCC(=O)O[C@@H]1[C@@H](C)C[C@H]2[C@@H]3CCC4=CC(=O)CC[C@]4(C)[C@H]3[C@@H](O)C[C@]12C. The van der Waals surface area contributed by atoms with Gasteiger partial charge in [-0.1, -0.05) is 33.3 Å². The molecule has 4 aliphatic carbocycles. The fraction of sp³-hybridized carbons (Fsp3) is 0.826. The minimum atomic E-state index is -0.397. The molecule has 3 fully saturated rings. The van der Waals surface area contributed by atoms with Gasteiger partial charge in [0.2, 0.25) is 0 Å². The summed E-state index contributed by atoms with van der Waals surface area (Å²) in [6.45, 7) is 8.56. The second-order valence-electron chi connectivity index (χ2n) is 10.1. The minimum Gasteiger partial charge on any atom is -0.461 e. The number of allylic oxidation sites excluding steroid dienone is 1. The number of esters is 1. The highest BCUT2D eigenvalue weighted by Crippen LogP contribution is 2.66. The third-order valence-electron chi connectivity index (χ3n) is 8.67. The summed E-state index contributed by atoms with van der Waals surface area (Å²) in [4.78, 5) is 24.0. The Bertz CT molecular complexity index is 682. The molecular formula is C23H34O4. The summed E-state index contributed by atoms with van der Waals surface area (Å²) >= 11 is 0. The molecule has 0 heterocycles. The third kappa shape index (κ3) is 2.73. The van der Waals surface area contributed by atoms with Crippen LogP contribution in [0.5, 0.6) is 0 Å². The molecule has 0 saturated heterocycles. The molecule has 1 N–H and O–H groups in total. The van der Waals surface area contributed by atoms with Gasteiger partial charge in [-0.2, -0.15) is 0 Å².